The molecule has 0 bridgehead atoms. The van der Waals surface area contributed by atoms with Gasteiger partial charge >= 0.3 is 0 Å². The highest BCUT2D eigenvalue weighted by molar-refractivity contribution is 5.85. The second kappa shape index (κ2) is 8.32. The van der Waals surface area contributed by atoms with Crippen LogP contribution in [0.1, 0.15) is 56.4 Å². The van der Waals surface area contributed by atoms with Crippen LogP contribution in [0.15, 0.2) is 10.6 Å². The number of hydrogen-bond acceptors (Lipinski definition) is 5. The van der Waals surface area contributed by atoms with Crippen LogP contribution in [-0.2, 0) is 16.1 Å². The van der Waals surface area contributed by atoms with E-state index in [4.69, 9.17) is 9.26 Å². The second-order valence-corrected chi connectivity index (χ2v) is 7.46. The molecular weight excluding hydrogens is 318 g/mol. The Hall–Kier alpha value is -1.40. The van der Waals surface area contributed by atoms with E-state index in [9.17, 15) is 4.79 Å². The van der Waals surface area contributed by atoms with Gasteiger partial charge in [-0.2, -0.15) is 0 Å². The van der Waals surface area contributed by atoms with Crippen molar-refractivity contribution in [1.82, 2.24) is 15.0 Å². The summed E-state index contributed by atoms with van der Waals surface area (Å²) in [6.07, 6.45) is 7.31. The van der Waals surface area contributed by atoms with Gasteiger partial charge < -0.3 is 14.2 Å². The first kappa shape index (κ1) is 18.4. The molecule has 1 aliphatic heterocycles. The Morgan fingerprint density at radius 2 is 1.92 bits per heavy atom. The van der Waals surface area contributed by atoms with Gasteiger partial charge in [0.1, 0.15) is 11.4 Å². The van der Waals surface area contributed by atoms with Crippen molar-refractivity contribution in [3.8, 4) is 0 Å². The summed E-state index contributed by atoms with van der Waals surface area (Å²) < 4.78 is 11.0. The lowest BCUT2D eigenvalue weighted by Gasteiger charge is -2.35. The van der Waals surface area contributed by atoms with Gasteiger partial charge in [0.15, 0.2) is 0 Å². The largest absolute Gasteiger partial charge is 0.368 e. The zero-order valence-corrected chi connectivity index (χ0v) is 15.6. The lowest BCUT2D eigenvalue weighted by Crippen LogP contribution is -2.51. The topological polar surface area (TPSA) is 58.8 Å². The minimum Gasteiger partial charge on any atom is -0.368 e. The maximum Gasteiger partial charge on any atom is 0.254 e. The molecule has 0 radical (unpaired) electrons. The lowest BCUT2D eigenvalue weighted by atomic mass is 9.92. The first-order valence-corrected chi connectivity index (χ1v) is 9.62. The molecule has 1 saturated heterocycles. The van der Waals surface area contributed by atoms with Crippen molar-refractivity contribution in [3.05, 3.63) is 17.5 Å². The summed E-state index contributed by atoms with van der Waals surface area (Å²) in [7, 11) is 1.71. The number of aryl methyl sites for hydroxylation is 1. The van der Waals surface area contributed by atoms with Crippen molar-refractivity contribution < 1.29 is 14.1 Å². The number of amides is 1. The fourth-order valence-corrected chi connectivity index (χ4v) is 4.15. The van der Waals surface area contributed by atoms with Crippen molar-refractivity contribution in [2.75, 3.05) is 33.3 Å². The molecule has 6 nitrogen and oxygen atoms in total. The molecule has 3 rings (SSSR count). The van der Waals surface area contributed by atoms with Crippen molar-refractivity contribution in [2.45, 2.75) is 64.0 Å². The number of nitrogens with zero attached hydrogens (tertiary/aromatic N) is 3. The van der Waals surface area contributed by atoms with E-state index in [1.54, 1.807) is 7.11 Å². The number of methoxy groups -OCH3 is 1. The van der Waals surface area contributed by atoms with Gasteiger partial charge in [0.25, 0.3) is 5.91 Å². The van der Waals surface area contributed by atoms with E-state index in [0.29, 0.717) is 0 Å². The summed E-state index contributed by atoms with van der Waals surface area (Å²) >= 11 is 0. The third-order valence-corrected chi connectivity index (χ3v) is 5.63. The monoisotopic (exact) mass is 349 g/mol. The summed E-state index contributed by atoms with van der Waals surface area (Å²) in [6.45, 7) is 6.14. The molecule has 25 heavy (non-hydrogen) atoms. The van der Waals surface area contributed by atoms with E-state index in [2.05, 4.69) is 10.1 Å². The minimum absolute atomic E-state index is 0.205. The van der Waals surface area contributed by atoms with Crippen molar-refractivity contribution in [2.24, 2.45) is 0 Å². The van der Waals surface area contributed by atoms with E-state index < -0.39 is 5.60 Å². The molecule has 2 aliphatic rings. The van der Waals surface area contributed by atoms with Gasteiger partial charge in [-0.1, -0.05) is 30.8 Å². The van der Waals surface area contributed by atoms with Crippen LogP contribution in [0.4, 0.5) is 0 Å². The average Bonchev–Trinajstić information content (AvgIpc) is 2.84. The van der Waals surface area contributed by atoms with Gasteiger partial charge in [-0.3, -0.25) is 9.69 Å². The molecule has 0 unspecified atom stereocenters. The van der Waals surface area contributed by atoms with Crippen LogP contribution in [0.25, 0.3) is 0 Å². The van der Waals surface area contributed by atoms with E-state index >= 15 is 0 Å². The summed E-state index contributed by atoms with van der Waals surface area (Å²) in [5, 5.41) is 4.09. The SMILES string of the molecule is COC1(C(=O)N2CCCN(Cc3cc(C)on3)CC2)CCCCCC1. The molecule has 0 atom stereocenters. The predicted octanol–water partition coefficient (Wildman–Crippen LogP) is 2.76. The fourth-order valence-electron chi connectivity index (χ4n) is 4.15. The molecule has 1 aromatic heterocycles. The molecule has 1 aromatic rings. The lowest BCUT2D eigenvalue weighted by molar-refractivity contribution is -0.156. The van der Waals surface area contributed by atoms with Crippen LogP contribution in [0, 0.1) is 6.92 Å². The molecule has 140 valence electrons. The van der Waals surface area contributed by atoms with Gasteiger partial charge in [-0.25, -0.2) is 0 Å². The van der Waals surface area contributed by atoms with Crippen LogP contribution < -0.4 is 0 Å². The normalized spacial score (nSPS) is 22.4. The first-order valence-electron chi connectivity index (χ1n) is 9.62. The maximum absolute atomic E-state index is 13.2. The minimum atomic E-state index is -0.588. The quantitative estimate of drug-likeness (QED) is 0.782. The Morgan fingerprint density at radius 3 is 2.56 bits per heavy atom. The highest BCUT2D eigenvalue weighted by Crippen LogP contribution is 2.32. The van der Waals surface area contributed by atoms with Crippen LogP contribution >= 0.6 is 0 Å². The van der Waals surface area contributed by atoms with E-state index in [1.165, 1.54) is 12.8 Å². The number of carbonyl (C=O) groups excluding carboxylic acids is 1. The van der Waals surface area contributed by atoms with Crippen molar-refractivity contribution >= 4 is 5.91 Å². The standard InChI is InChI=1S/C19H31N3O3/c1-16-14-17(20-25-16)15-21-10-7-11-22(13-12-21)18(23)19(24-2)8-5-3-4-6-9-19/h14H,3-13,15H2,1-2H3. The Morgan fingerprint density at radius 1 is 1.16 bits per heavy atom. The van der Waals surface area contributed by atoms with Crippen LogP contribution in [0.5, 0.6) is 0 Å². The summed E-state index contributed by atoms with van der Waals surface area (Å²) in [4.78, 5) is 17.6. The molecule has 6 heteroatoms. The van der Waals surface area contributed by atoms with E-state index in [1.807, 2.05) is 17.9 Å². The highest BCUT2D eigenvalue weighted by Gasteiger charge is 2.41. The van der Waals surface area contributed by atoms with Gasteiger partial charge in [0.2, 0.25) is 0 Å². The molecular formula is C19H31N3O3. The van der Waals surface area contributed by atoms with Gasteiger partial charge in [0, 0.05) is 45.9 Å². The number of rotatable bonds is 4. The van der Waals surface area contributed by atoms with Crippen LogP contribution in [-0.4, -0.2) is 59.8 Å². The molecule has 0 aromatic carbocycles. The smallest absolute Gasteiger partial charge is 0.254 e. The molecule has 1 aliphatic carbocycles. The van der Waals surface area contributed by atoms with Crippen molar-refractivity contribution in [1.29, 1.82) is 0 Å². The Bertz CT molecular complexity index is 564. The summed E-state index contributed by atoms with van der Waals surface area (Å²) in [5.41, 5.74) is 0.379. The van der Waals surface area contributed by atoms with Crippen molar-refractivity contribution in [3.63, 3.8) is 0 Å². The third-order valence-electron chi connectivity index (χ3n) is 5.63. The Balaban J connectivity index is 1.60. The third kappa shape index (κ3) is 4.42. The average molecular weight is 349 g/mol. The molecule has 0 spiro atoms. The Labute approximate surface area is 150 Å². The fraction of sp³-hybridized carbons (Fsp3) is 0.789. The summed E-state index contributed by atoms with van der Waals surface area (Å²) in [5.74, 6) is 1.05. The molecule has 1 saturated carbocycles. The number of aromatic nitrogens is 1. The molecule has 1 amide bonds. The van der Waals surface area contributed by atoms with Gasteiger partial charge in [-0.05, 0) is 26.2 Å². The Kier molecular flexibility index (Phi) is 6.12. The highest BCUT2D eigenvalue weighted by atomic mass is 16.5. The van der Waals surface area contributed by atoms with Crippen LogP contribution in [0.3, 0.4) is 0 Å². The molecule has 2 heterocycles. The van der Waals surface area contributed by atoms with Crippen LogP contribution in [0.2, 0.25) is 0 Å². The zero-order valence-electron chi connectivity index (χ0n) is 15.6. The zero-order chi connectivity index (χ0) is 17.7. The van der Waals surface area contributed by atoms with E-state index in [-0.39, 0.29) is 5.91 Å². The first-order chi connectivity index (χ1) is 12.1. The van der Waals surface area contributed by atoms with Gasteiger partial charge in [-0.15, -0.1) is 0 Å². The number of hydrogen-bond donors (Lipinski definition) is 0. The number of carbonyl (C=O) groups is 1. The van der Waals surface area contributed by atoms with Gasteiger partial charge in [0.05, 0.1) is 5.69 Å². The molecule has 0 N–H and O–H groups in total. The summed E-state index contributed by atoms with van der Waals surface area (Å²) in [6, 6.07) is 1.99. The maximum atomic E-state index is 13.2. The molecule has 2 fully saturated rings. The van der Waals surface area contributed by atoms with E-state index in [0.717, 1.165) is 76.3 Å². The predicted molar refractivity (Wildman–Crippen MR) is 95.2 cm³/mol. The second-order valence-electron chi connectivity index (χ2n) is 7.46. The number of ether oxygens (including phenoxy) is 1.